The van der Waals surface area contributed by atoms with Crippen LogP contribution in [0.2, 0.25) is 13.1 Å². The summed E-state index contributed by atoms with van der Waals surface area (Å²) in [5.41, 5.74) is 12.2. The van der Waals surface area contributed by atoms with Gasteiger partial charge in [0.2, 0.25) is 0 Å². The molecule has 1 heterocycles. The van der Waals surface area contributed by atoms with Crippen LogP contribution in [0.4, 0.5) is 34.1 Å². The Morgan fingerprint density at radius 3 is 1.37 bits per heavy atom. The summed E-state index contributed by atoms with van der Waals surface area (Å²) in [5, 5.41) is 13.2. The molecule has 0 atom stereocenters. The molecule has 0 saturated carbocycles. The normalized spacial score (nSPS) is 12.9. The number of hydrogen-bond donors (Lipinski definition) is 0. The van der Waals surface area contributed by atoms with Gasteiger partial charge in [-0.3, -0.25) is 0 Å². The second kappa shape index (κ2) is 13.6. The van der Waals surface area contributed by atoms with Crippen molar-refractivity contribution in [2.75, 3.05) is 9.80 Å². The third-order valence-electron chi connectivity index (χ3n) is 12.7. The summed E-state index contributed by atoms with van der Waals surface area (Å²) in [6.07, 6.45) is 0. The molecule has 1 aliphatic rings. The molecule has 3 heteroatoms. The molecule has 0 saturated heterocycles. The van der Waals surface area contributed by atoms with E-state index in [1.807, 2.05) is 0 Å². The van der Waals surface area contributed by atoms with Crippen LogP contribution >= 0.6 is 0 Å². The zero-order chi connectivity index (χ0) is 39.8. The van der Waals surface area contributed by atoms with Gasteiger partial charge in [-0.25, -0.2) is 0 Å². The monoisotopic (exact) mass is 772 g/mol. The van der Waals surface area contributed by atoms with Crippen LogP contribution in [0.5, 0.6) is 0 Å². The maximum absolute atomic E-state index is 2.54. The Bertz CT molecular complexity index is 3270. The molecule has 0 radical (unpaired) electrons. The Morgan fingerprint density at radius 2 is 0.797 bits per heavy atom. The van der Waals surface area contributed by atoms with E-state index < -0.39 is 8.07 Å². The van der Waals surface area contributed by atoms with Crippen molar-refractivity contribution in [2.24, 2.45) is 0 Å². The highest BCUT2D eigenvalue weighted by atomic mass is 28.3. The standard InChI is InChI=1S/C56H44N2Si/c1-37-16-23-44(24-17-37)57(46-27-20-39-10-5-7-12-41(39)32-46)48-29-22-43-34-53-50-31-30-49(36-55(50)59(3,4)54-15-9-14-51(56(53)54)52(43)35-48)58(45-25-18-38(2)19-26-45)47-28-21-40-11-6-8-13-42(40)33-47/h5-36H,1-4H3. The summed E-state index contributed by atoms with van der Waals surface area (Å²) in [5.74, 6) is 0. The molecule has 0 aliphatic carbocycles. The first-order valence-electron chi connectivity index (χ1n) is 20.7. The van der Waals surface area contributed by atoms with Crippen molar-refractivity contribution in [2.45, 2.75) is 26.9 Å². The highest BCUT2D eigenvalue weighted by molar-refractivity contribution is 7.03. The largest absolute Gasteiger partial charge is 0.310 e. The number of benzene rings is 10. The Morgan fingerprint density at radius 1 is 0.322 bits per heavy atom. The molecule has 10 aromatic carbocycles. The van der Waals surface area contributed by atoms with Crippen LogP contribution in [0.15, 0.2) is 194 Å². The number of anilines is 6. The molecule has 10 aromatic rings. The number of rotatable bonds is 6. The lowest BCUT2D eigenvalue weighted by molar-refractivity contribution is 1.28. The van der Waals surface area contributed by atoms with Crippen LogP contribution in [0.1, 0.15) is 11.1 Å². The lowest BCUT2D eigenvalue weighted by atomic mass is 9.92. The Hall–Kier alpha value is -6.94. The Labute approximate surface area is 347 Å². The molecule has 2 nitrogen and oxygen atoms in total. The summed E-state index contributed by atoms with van der Waals surface area (Å²) < 4.78 is 0. The van der Waals surface area contributed by atoms with Crippen LogP contribution < -0.4 is 20.2 Å². The van der Waals surface area contributed by atoms with E-state index in [-0.39, 0.29) is 0 Å². The first kappa shape index (κ1) is 35.2. The third kappa shape index (κ3) is 5.84. The van der Waals surface area contributed by atoms with Crippen LogP contribution in [0.25, 0.3) is 54.2 Å². The van der Waals surface area contributed by atoms with Crippen LogP contribution in [-0.4, -0.2) is 8.07 Å². The van der Waals surface area contributed by atoms with Gasteiger partial charge in [-0.1, -0.05) is 139 Å². The van der Waals surface area contributed by atoms with Crippen molar-refractivity contribution in [3.63, 3.8) is 0 Å². The topological polar surface area (TPSA) is 6.48 Å². The van der Waals surface area contributed by atoms with Gasteiger partial charge in [-0.05, 0) is 157 Å². The van der Waals surface area contributed by atoms with Crippen molar-refractivity contribution in [3.05, 3.63) is 205 Å². The fourth-order valence-corrected chi connectivity index (χ4v) is 12.6. The molecule has 0 bridgehead atoms. The van der Waals surface area contributed by atoms with Gasteiger partial charge in [0, 0.05) is 34.1 Å². The molecule has 282 valence electrons. The molecule has 0 N–H and O–H groups in total. The first-order chi connectivity index (χ1) is 28.8. The zero-order valence-corrected chi connectivity index (χ0v) is 34.9. The molecular weight excluding hydrogens is 729 g/mol. The summed E-state index contributed by atoms with van der Waals surface area (Å²) in [7, 11) is -2.19. The van der Waals surface area contributed by atoms with E-state index in [4.69, 9.17) is 0 Å². The van der Waals surface area contributed by atoms with Gasteiger partial charge in [0.1, 0.15) is 8.07 Å². The minimum atomic E-state index is -2.19. The number of aryl methyl sites for hydroxylation is 2. The van der Waals surface area contributed by atoms with Crippen LogP contribution in [0, 0.1) is 13.8 Å². The van der Waals surface area contributed by atoms with Crippen LogP contribution in [-0.2, 0) is 0 Å². The summed E-state index contributed by atoms with van der Waals surface area (Å²) in [4.78, 5) is 4.84. The van der Waals surface area contributed by atoms with E-state index in [2.05, 4.69) is 231 Å². The van der Waals surface area contributed by atoms with Crippen molar-refractivity contribution in [3.8, 4) is 11.1 Å². The van der Waals surface area contributed by atoms with Crippen molar-refractivity contribution < 1.29 is 0 Å². The zero-order valence-electron chi connectivity index (χ0n) is 33.9. The molecule has 0 aromatic heterocycles. The number of hydrogen-bond acceptors (Lipinski definition) is 2. The van der Waals surface area contributed by atoms with Crippen LogP contribution in [0.3, 0.4) is 0 Å². The quantitative estimate of drug-likeness (QED) is 0.123. The second-order valence-corrected chi connectivity index (χ2v) is 21.1. The van der Waals surface area contributed by atoms with Crippen molar-refractivity contribution in [1.29, 1.82) is 0 Å². The van der Waals surface area contributed by atoms with Gasteiger partial charge >= 0.3 is 0 Å². The Balaban J connectivity index is 1.08. The minimum Gasteiger partial charge on any atom is -0.310 e. The molecule has 59 heavy (non-hydrogen) atoms. The molecule has 11 rings (SSSR count). The number of nitrogens with zero attached hydrogens (tertiary/aromatic N) is 2. The lowest BCUT2D eigenvalue weighted by Gasteiger charge is -2.36. The summed E-state index contributed by atoms with van der Waals surface area (Å²) in [6, 6.07) is 72.6. The van der Waals surface area contributed by atoms with E-state index in [1.54, 1.807) is 0 Å². The maximum atomic E-state index is 2.54. The fraction of sp³-hybridized carbons (Fsp3) is 0.0714. The predicted octanol–water partition coefficient (Wildman–Crippen LogP) is 14.7. The molecule has 0 fully saturated rings. The van der Waals surface area contributed by atoms with Gasteiger partial charge in [0.15, 0.2) is 0 Å². The van der Waals surface area contributed by atoms with Gasteiger partial charge in [-0.15, -0.1) is 0 Å². The van der Waals surface area contributed by atoms with Gasteiger partial charge < -0.3 is 9.80 Å². The maximum Gasteiger partial charge on any atom is 0.113 e. The average molecular weight is 773 g/mol. The van der Waals surface area contributed by atoms with E-state index in [0.29, 0.717) is 0 Å². The molecule has 1 aliphatic heterocycles. The molecule has 0 spiro atoms. The molecular formula is C56H44N2Si. The van der Waals surface area contributed by atoms with Crippen molar-refractivity contribution in [1.82, 2.24) is 0 Å². The second-order valence-electron chi connectivity index (χ2n) is 16.8. The van der Waals surface area contributed by atoms with Gasteiger partial charge in [-0.2, -0.15) is 0 Å². The van der Waals surface area contributed by atoms with E-state index in [0.717, 1.165) is 28.4 Å². The number of fused-ring (bicyclic) bond motifs is 6. The molecule has 0 unspecified atom stereocenters. The highest BCUT2D eigenvalue weighted by Crippen LogP contribution is 2.44. The fourth-order valence-electron chi connectivity index (χ4n) is 9.55. The predicted molar refractivity (Wildman–Crippen MR) is 257 cm³/mol. The van der Waals surface area contributed by atoms with E-state index in [1.165, 1.54) is 81.4 Å². The Kier molecular flexibility index (Phi) is 8.11. The summed E-state index contributed by atoms with van der Waals surface area (Å²) in [6.45, 7) is 9.39. The molecule has 0 amide bonds. The first-order valence-corrected chi connectivity index (χ1v) is 23.7. The summed E-state index contributed by atoms with van der Waals surface area (Å²) >= 11 is 0. The average Bonchev–Trinajstić information content (AvgIpc) is 3.27. The lowest BCUT2D eigenvalue weighted by Crippen LogP contribution is -2.56. The van der Waals surface area contributed by atoms with E-state index >= 15 is 0 Å². The third-order valence-corrected chi connectivity index (χ3v) is 16.2. The van der Waals surface area contributed by atoms with Crippen molar-refractivity contribution >= 4 is 95.7 Å². The minimum absolute atomic E-state index is 1.15. The smallest absolute Gasteiger partial charge is 0.113 e. The van der Waals surface area contributed by atoms with Gasteiger partial charge in [0.05, 0.1) is 0 Å². The SMILES string of the molecule is Cc1ccc(N(c2ccc3c(c2)[Si](C)(C)c2cccc4c2c-3cc2ccc(N(c3ccc(C)cc3)c3ccc5ccccc5c3)cc24)c2ccc3ccccc3c2)cc1. The highest BCUT2D eigenvalue weighted by Gasteiger charge is 2.36. The van der Waals surface area contributed by atoms with E-state index in [9.17, 15) is 0 Å². The van der Waals surface area contributed by atoms with Gasteiger partial charge in [0.25, 0.3) is 0 Å².